The van der Waals surface area contributed by atoms with Crippen LogP contribution >= 0.6 is 0 Å². The van der Waals surface area contributed by atoms with Crippen molar-refractivity contribution < 1.29 is 4.79 Å². The van der Waals surface area contributed by atoms with Crippen molar-refractivity contribution in [1.29, 1.82) is 0 Å². The Hall–Kier alpha value is -1.63. The van der Waals surface area contributed by atoms with Crippen LogP contribution in [0.3, 0.4) is 0 Å². The first-order valence-corrected chi connectivity index (χ1v) is 5.80. The third-order valence-corrected chi connectivity index (χ3v) is 2.97. The lowest BCUT2D eigenvalue weighted by Crippen LogP contribution is -1.98. The molecule has 0 atom stereocenters. The summed E-state index contributed by atoms with van der Waals surface area (Å²) in [6, 6.07) is 10.2. The zero-order valence-electron chi connectivity index (χ0n) is 9.36. The highest BCUT2D eigenvalue weighted by molar-refractivity contribution is 5.76. The molecule has 0 N–H and O–H groups in total. The summed E-state index contributed by atoms with van der Waals surface area (Å²) in [5.41, 5.74) is 3.38. The van der Waals surface area contributed by atoms with E-state index in [9.17, 15) is 4.79 Å². The summed E-state index contributed by atoms with van der Waals surface area (Å²) < 4.78 is 0. The molecule has 0 saturated heterocycles. The Balaban J connectivity index is 2.17. The minimum atomic E-state index is 0.942. The van der Waals surface area contributed by atoms with Gasteiger partial charge in [-0.3, -0.25) is 4.79 Å². The first-order chi connectivity index (χ1) is 7.90. The van der Waals surface area contributed by atoms with Crippen LogP contribution in [0.25, 0.3) is 6.08 Å². The molecule has 1 aromatic rings. The summed E-state index contributed by atoms with van der Waals surface area (Å²) in [5.74, 6) is 0. The number of allylic oxidation sites excluding steroid dienone is 3. The van der Waals surface area contributed by atoms with Crippen LogP contribution in [0.2, 0.25) is 0 Å². The Kier molecular flexibility index (Phi) is 3.71. The van der Waals surface area contributed by atoms with Gasteiger partial charge in [0.15, 0.2) is 0 Å². The van der Waals surface area contributed by atoms with Gasteiger partial charge in [-0.1, -0.05) is 42.5 Å². The van der Waals surface area contributed by atoms with E-state index in [1.54, 1.807) is 0 Å². The molecule has 16 heavy (non-hydrogen) atoms. The molecule has 0 aliphatic heterocycles. The van der Waals surface area contributed by atoms with Crippen LogP contribution in [0.5, 0.6) is 0 Å². The van der Waals surface area contributed by atoms with Gasteiger partial charge in [-0.15, -0.1) is 0 Å². The first-order valence-electron chi connectivity index (χ1n) is 5.80. The molecule has 0 saturated carbocycles. The lowest BCUT2D eigenvalue weighted by Gasteiger charge is -2.13. The van der Waals surface area contributed by atoms with E-state index in [0.717, 1.165) is 31.1 Å². The van der Waals surface area contributed by atoms with Crippen LogP contribution in [0.15, 0.2) is 47.6 Å². The molecule has 0 spiro atoms. The third-order valence-electron chi connectivity index (χ3n) is 2.97. The summed E-state index contributed by atoms with van der Waals surface area (Å²) in [5, 5.41) is 0. The Morgan fingerprint density at radius 1 is 0.875 bits per heavy atom. The molecule has 0 amide bonds. The van der Waals surface area contributed by atoms with Crippen molar-refractivity contribution in [2.24, 2.45) is 0 Å². The van der Waals surface area contributed by atoms with Gasteiger partial charge >= 0.3 is 0 Å². The monoisotopic (exact) mass is 212 g/mol. The molecule has 0 unspecified atom stereocenters. The van der Waals surface area contributed by atoms with E-state index < -0.39 is 0 Å². The summed E-state index contributed by atoms with van der Waals surface area (Å²) >= 11 is 0. The van der Waals surface area contributed by atoms with Gasteiger partial charge < -0.3 is 0 Å². The summed E-state index contributed by atoms with van der Waals surface area (Å²) in [6.07, 6.45) is 9.53. The molecule has 0 aromatic heterocycles. The van der Waals surface area contributed by atoms with Crippen molar-refractivity contribution in [2.75, 3.05) is 0 Å². The van der Waals surface area contributed by atoms with Crippen molar-refractivity contribution in [3.8, 4) is 0 Å². The van der Waals surface area contributed by atoms with Crippen LogP contribution in [0.1, 0.15) is 31.2 Å². The van der Waals surface area contributed by atoms with Crippen LogP contribution in [0, 0.1) is 0 Å². The van der Waals surface area contributed by atoms with E-state index in [0.29, 0.717) is 0 Å². The van der Waals surface area contributed by atoms with E-state index in [1.165, 1.54) is 17.6 Å². The fourth-order valence-corrected chi connectivity index (χ4v) is 2.04. The Labute approximate surface area is 96.5 Å². The Morgan fingerprint density at radius 2 is 1.56 bits per heavy atom. The average molecular weight is 212 g/mol. The number of aldehydes is 1. The maximum absolute atomic E-state index is 10.9. The second-order valence-electron chi connectivity index (χ2n) is 4.12. The Morgan fingerprint density at radius 3 is 2.25 bits per heavy atom. The predicted octanol–water partition coefficient (Wildman–Crippen LogP) is 3.77. The van der Waals surface area contributed by atoms with Gasteiger partial charge in [0, 0.05) is 0 Å². The largest absolute Gasteiger partial charge is 0.298 e. The van der Waals surface area contributed by atoms with Crippen LogP contribution in [-0.4, -0.2) is 6.29 Å². The minimum Gasteiger partial charge on any atom is -0.298 e. The smallest absolute Gasteiger partial charge is 0.146 e. The molecule has 0 bridgehead atoms. The van der Waals surface area contributed by atoms with Gasteiger partial charge in [0.25, 0.3) is 0 Å². The maximum Gasteiger partial charge on any atom is 0.146 e. The van der Waals surface area contributed by atoms with Crippen LogP contribution in [0.4, 0.5) is 0 Å². The van der Waals surface area contributed by atoms with Crippen molar-refractivity contribution in [2.45, 2.75) is 25.7 Å². The molecule has 2 rings (SSSR count). The molecule has 1 aliphatic rings. The topological polar surface area (TPSA) is 17.1 Å². The number of benzene rings is 1. The predicted molar refractivity (Wildman–Crippen MR) is 67.0 cm³/mol. The van der Waals surface area contributed by atoms with Crippen molar-refractivity contribution in [3.05, 3.63) is 53.1 Å². The van der Waals surface area contributed by atoms with Gasteiger partial charge in [-0.25, -0.2) is 0 Å². The molecule has 0 radical (unpaired) electrons. The molecular formula is C15H16O. The molecule has 82 valence electrons. The second kappa shape index (κ2) is 5.45. The third kappa shape index (κ3) is 2.69. The zero-order chi connectivity index (χ0) is 11.2. The van der Waals surface area contributed by atoms with Gasteiger partial charge in [0.2, 0.25) is 0 Å². The number of hydrogen-bond acceptors (Lipinski definition) is 1. The first kappa shape index (κ1) is 10.9. The van der Waals surface area contributed by atoms with Gasteiger partial charge in [-0.2, -0.15) is 0 Å². The second-order valence-corrected chi connectivity index (χ2v) is 4.12. The Bertz CT molecular complexity index is 412. The van der Waals surface area contributed by atoms with Crippen LogP contribution in [-0.2, 0) is 4.79 Å². The maximum atomic E-state index is 10.9. The van der Waals surface area contributed by atoms with Crippen molar-refractivity contribution >= 4 is 12.4 Å². The summed E-state index contributed by atoms with van der Waals surface area (Å²) in [4.78, 5) is 10.9. The van der Waals surface area contributed by atoms with Crippen molar-refractivity contribution in [1.82, 2.24) is 0 Å². The number of rotatable bonds is 3. The standard InChI is InChI=1S/C15H16O/c16-12-15-9-5-4-8-14(15)11-10-13-6-2-1-3-7-13/h1-3,6-7,10-12H,4-5,8-9H2/b11-10+. The highest BCUT2D eigenvalue weighted by Gasteiger charge is 2.09. The molecule has 1 aromatic carbocycles. The fraction of sp³-hybridized carbons (Fsp3) is 0.267. The number of carbonyl (C=O) groups is 1. The van der Waals surface area contributed by atoms with Crippen LogP contribution < -0.4 is 0 Å². The molecular weight excluding hydrogens is 196 g/mol. The van der Waals surface area contributed by atoms with E-state index >= 15 is 0 Å². The van der Waals surface area contributed by atoms with E-state index in [-0.39, 0.29) is 0 Å². The highest BCUT2D eigenvalue weighted by atomic mass is 16.1. The SMILES string of the molecule is O=CC1=C(/C=C/c2ccccc2)CCCC1. The van der Waals surface area contributed by atoms with Gasteiger partial charge in [0.05, 0.1) is 0 Å². The van der Waals surface area contributed by atoms with Crippen molar-refractivity contribution in [3.63, 3.8) is 0 Å². The molecule has 0 fully saturated rings. The summed E-state index contributed by atoms with van der Waals surface area (Å²) in [6.45, 7) is 0. The number of carbonyl (C=O) groups excluding carboxylic acids is 1. The van der Waals surface area contributed by atoms with E-state index in [1.807, 2.05) is 18.2 Å². The highest BCUT2D eigenvalue weighted by Crippen LogP contribution is 2.24. The van der Waals surface area contributed by atoms with E-state index in [4.69, 9.17) is 0 Å². The minimum absolute atomic E-state index is 0.942. The average Bonchev–Trinajstić information content (AvgIpc) is 2.38. The molecule has 1 aliphatic carbocycles. The van der Waals surface area contributed by atoms with Gasteiger partial charge in [-0.05, 0) is 42.4 Å². The number of hydrogen-bond donors (Lipinski definition) is 0. The quantitative estimate of drug-likeness (QED) is 0.697. The molecule has 1 heteroatoms. The van der Waals surface area contributed by atoms with E-state index in [2.05, 4.69) is 24.3 Å². The zero-order valence-corrected chi connectivity index (χ0v) is 9.36. The molecule has 0 heterocycles. The summed E-state index contributed by atoms with van der Waals surface area (Å²) in [7, 11) is 0. The normalized spacial score (nSPS) is 16.8. The lowest BCUT2D eigenvalue weighted by molar-refractivity contribution is -0.105. The lowest BCUT2D eigenvalue weighted by atomic mass is 9.92. The van der Waals surface area contributed by atoms with Gasteiger partial charge in [0.1, 0.15) is 6.29 Å². The molecule has 1 nitrogen and oxygen atoms in total. The fourth-order valence-electron chi connectivity index (χ4n) is 2.04.